The van der Waals surface area contributed by atoms with Crippen LogP contribution in [0.3, 0.4) is 0 Å². The smallest absolute Gasteiger partial charge is 0.0522 e. The highest BCUT2D eigenvalue weighted by Crippen LogP contribution is 2.57. The van der Waals surface area contributed by atoms with Crippen molar-refractivity contribution in [3.8, 4) is 0 Å². The molecule has 0 amide bonds. The predicted molar refractivity (Wildman–Crippen MR) is 62.7 cm³/mol. The largest absolute Gasteiger partial charge is 0.395 e. The van der Waals surface area contributed by atoms with Crippen LogP contribution in [0.1, 0.15) is 24.8 Å². The normalized spacial score (nSPS) is 28.1. The minimum Gasteiger partial charge on any atom is -0.395 e. The van der Waals surface area contributed by atoms with E-state index in [0.29, 0.717) is 11.8 Å². The van der Waals surface area contributed by atoms with Gasteiger partial charge in [0.1, 0.15) is 0 Å². The fraction of sp³-hybridized carbons (Fsp3) is 0.429. The summed E-state index contributed by atoms with van der Waals surface area (Å²) in [6.07, 6.45) is 3.08. The van der Waals surface area contributed by atoms with E-state index in [4.69, 9.17) is 0 Å². The standard InChI is InChI=1S/C14H18O/c1-3-14(2,10-15)13-9-12(13)11-7-5-4-6-8-11/h3-8,12-13,15H,1,9-10H2,2H3. The second kappa shape index (κ2) is 3.82. The van der Waals surface area contributed by atoms with Gasteiger partial charge in [-0.25, -0.2) is 0 Å². The monoisotopic (exact) mass is 202 g/mol. The minimum absolute atomic E-state index is 0.111. The summed E-state index contributed by atoms with van der Waals surface area (Å²) in [5.41, 5.74) is 1.28. The molecule has 1 aliphatic carbocycles. The molecule has 1 aromatic rings. The second-order valence-electron chi connectivity index (χ2n) is 4.73. The Labute approximate surface area is 91.4 Å². The first-order valence-corrected chi connectivity index (χ1v) is 5.50. The van der Waals surface area contributed by atoms with Crippen LogP contribution in [-0.2, 0) is 0 Å². The topological polar surface area (TPSA) is 20.2 Å². The van der Waals surface area contributed by atoms with Gasteiger partial charge in [0, 0.05) is 5.41 Å². The van der Waals surface area contributed by atoms with Gasteiger partial charge in [0.05, 0.1) is 6.61 Å². The minimum atomic E-state index is -0.111. The molecule has 1 aromatic carbocycles. The van der Waals surface area contributed by atoms with E-state index in [2.05, 4.69) is 37.8 Å². The van der Waals surface area contributed by atoms with Gasteiger partial charge < -0.3 is 5.11 Å². The summed E-state index contributed by atoms with van der Waals surface area (Å²) in [4.78, 5) is 0. The van der Waals surface area contributed by atoms with Crippen LogP contribution >= 0.6 is 0 Å². The molecular formula is C14H18O. The summed E-state index contributed by atoms with van der Waals surface area (Å²) in [7, 11) is 0. The molecule has 1 heteroatoms. The molecule has 3 unspecified atom stereocenters. The van der Waals surface area contributed by atoms with E-state index < -0.39 is 0 Å². The summed E-state index contributed by atoms with van der Waals surface area (Å²) < 4.78 is 0. The molecular weight excluding hydrogens is 184 g/mol. The quantitative estimate of drug-likeness (QED) is 0.744. The Hall–Kier alpha value is -1.08. The van der Waals surface area contributed by atoms with Crippen molar-refractivity contribution in [3.05, 3.63) is 48.6 Å². The Balaban J connectivity index is 2.11. The molecule has 0 aromatic heterocycles. The van der Waals surface area contributed by atoms with E-state index in [0.717, 1.165) is 0 Å². The Kier molecular flexibility index (Phi) is 2.66. The van der Waals surface area contributed by atoms with Crippen molar-refractivity contribution in [2.24, 2.45) is 11.3 Å². The molecule has 0 radical (unpaired) electrons. The molecule has 1 N–H and O–H groups in total. The molecule has 1 aliphatic rings. The van der Waals surface area contributed by atoms with Crippen molar-refractivity contribution in [2.45, 2.75) is 19.3 Å². The molecule has 3 atom stereocenters. The van der Waals surface area contributed by atoms with Gasteiger partial charge in [-0.1, -0.05) is 43.3 Å². The Morgan fingerprint density at radius 3 is 2.67 bits per heavy atom. The van der Waals surface area contributed by atoms with E-state index in [1.54, 1.807) is 0 Å². The van der Waals surface area contributed by atoms with E-state index in [9.17, 15) is 5.11 Å². The zero-order valence-corrected chi connectivity index (χ0v) is 9.19. The van der Waals surface area contributed by atoms with Crippen LogP contribution in [0.5, 0.6) is 0 Å². The third-order valence-electron chi connectivity index (χ3n) is 3.67. The van der Waals surface area contributed by atoms with Crippen molar-refractivity contribution >= 4 is 0 Å². The maximum Gasteiger partial charge on any atom is 0.0522 e. The zero-order valence-electron chi connectivity index (χ0n) is 9.19. The van der Waals surface area contributed by atoms with Gasteiger partial charge in [0.15, 0.2) is 0 Å². The predicted octanol–water partition coefficient (Wildman–Crippen LogP) is 2.97. The Morgan fingerprint density at radius 1 is 1.47 bits per heavy atom. The third kappa shape index (κ3) is 1.84. The van der Waals surface area contributed by atoms with Gasteiger partial charge in [-0.3, -0.25) is 0 Å². The van der Waals surface area contributed by atoms with Crippen LogP contribution in [-0.4, -0.2) is 11.7 Å². The van der Waals surface area contributed by atoms with E-state index in [-0.39, 0.29) is 12.0 Å². The first-order chi connectivity index (χ1) is 7.21. The molecule has 0 spiro atoms. The van der Waals surface area contributed by atoms with Crippen molar-refractivity contribution in [1.82, 2.24) is 0 Å². The maximum atomic E-state index is 9.39. The van der Waals surface area contributed by atoms with Crippen LogP contribution < -0.4 is 0 Å². The van der Waals surface area contributed by atoms with Crippen molar-refractivity contribution in [3.63, 3.8) is 0 Å². The molecule has 0 heterocycles. The van der Waals surface area contributed by atoms with Crippen LogP contribution in [0.15, 0.2) is 43.0 Å². The lowest BCUT2D eigenvalue weighted by molar-refractivity contribution is 0.162. The zero-order chi connectivity index (χ0) is 10.9. The van der Waals surface area contributed by atoms with Gasteiger partial charge in [-0.15, -0.1) is 6.58 Å². The molecule has 80 valence electrons. The van der Waals surface area contributed by atoms with Gasteiger partial charge in [0.25, 0.3) is 0 Å². The molecule has 1 saturated carbocycles. The molecule has 0 bridgehead atoms. The average Bonchev–Trinajstić information content (AvgIpc) is 3.10. The molecule has 0 aliphatic heterocycles. The molecule has 15 heavy (non-hydrogen) atoms. The van der Waals surface area contributed by atoms with Crippen molar-refractivity contribution in [1.29, 1.82) is 0 Å². The highest BCUT2D eigenvalue weighted by atomic mass is 16.3. The van der Waals surface area contributed by atoms with Crippen LogP contribution in [0.2, 0.25) is 0 Å². The molecule has 2 rings (SSSR count). The molecule has 1 nitrogen and oxygen atoms in total. The van der Waals surface area contributed by atoms with Gasteiger partial charge in [-0.05, 0) is 23.8 Å². The van der Waals surface area contributed by atoms with Crippen LogP contribution in [0.4, 0.5) is 0 Å². The summed E-state index contributed by atoms with van der Waals surface area (Å²) in [6, 6.07) is 10.5. The number of aliphatic hydroxyl groups is 1. The Bertz CT molecular complexity index is 344. The van der Waals surface area contributed by atoms with Gasteiger partial charge in [0.2, 0.25) is 0 Å². The highest BCUT2D eigenvalue weighted by Gasteiger charge is 2.48. The maximum absolute atomic E-state index is 9.39. The lowest BCUT2D eigenvalue weighted by Crippen LogP contribution is -2.21. The van der Waals surface area contributed by atoms with E-state index >= 15 is 0 Å². The van der Waals surface area contributed by atoms with Crippen LogP contribution in [0.25, 0.3) is 0 Å². The molecule has 0 saturated heterocycles. The Morgan fingerprint density at radius 2 is 2.13 bits per heavy atom. The lowest BCUT2D eigenvalue weighted by atomic mass is 9.84. The first-order valence-electron chi connectivity index (χ1n) is 5.50. The number of hydrogen-bond donors (Lipinski definition) is 1. The third-order valence-corrected chi connectivity index (χ3v) is 3.67. The van der Waals surface area contributed by atoms with Gasteiger partial charge >= 0.3 is 0 Å². The SMILES string of the molecule is C=CC(C)(CO)C1CC1c1ccccc1. The van der Waals surface area contributed by atoms with E-state index in [1.165, 1.54) is 12.0 Å². The van der Waals surface area contributed by atoms with Crippen LogP contribution in [0, 0.1) is 11.3 Å². The fourth-order valence-corrected chi connectivity index (χ4v) is 2.33. The summed E-state index contributed by atoms with van der Waals surface area (Å²) in [5.74, 6) is 1.17. The number of benzene rings is 1. The highest BCUT2D eigenvalue weighted by molar-refractivity contribution is 5.28. The summed E-state index contributed by atoms with van der Waals surface area (Å²) in [5, 5.41) is 9.39. The van der Waals surface area contributed by atoms with Crippen molar-refractivity contribution in [2.75, 3.05) is 6.61 Å². The summed E-state index contributed by atoms with van der Waals surface area (Å²) >= 11 is 0. The van der Waals surface area contributed by atoms with Gasteiger partial charge in [-0.2, -0.15) is 0 Å². The lowest BCUT2D eigenvalue weighted by Gasteiger charge is -2.23. The number of hydrogen-bond acceptors (Lipinski definition) is 1. The average molecular weight is 202 g/mol. The molecule has 1 fully saturated rings. The first kappa shape index (κ1) is 10.4. The van der Waals surface area contributed by atoms with E-state index in [1.807, 2.05) is 12.1 Å². The summed E-state index contributed by atoms with van der Waals surface area (Å²) in [6.45, 7) is 6.12. The number of rotatable bonds is 4. The number of aliphatic hydroxyl groups excluding tert-OH is 1. The second-order valence-corrected chi connectivity index (χ2v) is 4.73. The fourth-order valence-electron chi connectivity index (χ4n) is 2.33. The van der Waals surface area contributed by atoms with Crippen molar-refractivity contribution < 1.29 is 5.11 Å².